The van der Waals surface area contributed by atoms with E-state index in [1.807, 2.05) is 0 Å². The first-order valence-electron chi connectivity index (χ1n) is 7.43. The molecule has 2 aromatic carbocycles. The summed E-state index contributed by atoms with van der Waals surface area (Å²) >= 11 is 0. The molecule has 0 spiro atoms. The molecule has 3 nitrogen and oxygen atoms in total. The average molecular weight is 273 g/mol. The molecule has 3 aliphatic heterocycles. The standard InChI is InChI=1S/C18H15N3/c1-3-7-14-11(5-1)12-9-10-19-17-13-6-2-4-8-15(13)21-18(20-14)16(12)17/h1-8,12,20-21H,9-10H2/t12-/m0/s1. The Labute approximate surface area is 123 Å². The Bertz CT molecular complexity index is 813. The lowest BCUT2D eigenvalue weighted by molar-refractivity contribution is 0.698. The number of hydrogen-bond donors (Lipinski definition) is 2. The fourth-order valence-corrected chi connectivity index (χ4v) is 3.68. The van der Waals surface area contributed by atoms with E-state index >= 15 is 0 Å². The van der Waals surface area contributed by atoms with Gasteiger partial charge in [-0.05, 0) is 24.1 Å². The van der Waals surface area contributed by atoms with Gasteiger partial charge in [-0.2, -0.15) is 0 Å². The number of allylic oxidation sites excluding steroid dienone is 1. The van der Waals surface area contributed by atoms with Crippen molar-refractivity contribution in [2.45, 2.75) is 12.3 Å². The van der Waals surface area contributed by atoms with E-state index in [0.29, 0.717) is 5.92 Å². The number of fused-ring (bicyclic) bond motifs is 4. The largest absolute Gasteiger partial charge is 0.341 e. The summed E-state index contributed by atoms with van der Waals surface area (Å²) in [5.41, 5.74) is 7.47. The van der Waals surface area contributed by atoms with Crippen LogP contribution in [0.5, 0.6) is 0 Å². The molecule has 0 bridgehead atoms. The van der Waals surface area contributed by atoms with Gasteiger partial charge in [0, 0.05) is 35.0 Å². The van der Waals surface area contributed by atoms with Gasteiger partial charge in [-0.3, -0.25) is 4.99 Å². The van der Waals surface area contributed by atoms with E-state index in [0.717, 1.165) is 30.2 Å². The molecule has 3 heteroatoms. The molecule has 0 radical (unpaired) electrons. The normalized spacial score (nSPS) is 21.3. The van der Waals surface area contributed by atoms with Crippen LogP contribution in [0.15, 0.2) is 64.9 Å². The van der Waals surface area contributed by atoms with Crippen molar-refractivity contribution >= 4 is 17.1 Å². The molecule has 0 unspecified atom stereocenters. The zero-order valence-electron chi connectivity index (χ0n) is 11.6. The highest BCUT2D eigenvalue weighted by molar-refractivity contribution is 6.20. The van der Waals surface area contributed by atoms with Crippen LogP contribution in [-0.2, 0) is 0 Å². The Morgan fingerprint density at radius 2 is 1.67 bits per heavy atom. The van der Waals surface area contributed by atoms with Crippen LogP contribution in [0.4, 0.5) is 11.4 Å². The highest BCUT2D eigenvalue weighted by Crippen LogP contribution is 2.45. The number of hydrogen-bond acceptors (Lipinski definition) is 3. The second-order valence-electron chi connectivity index (χ2n) is 5.74. The molecule has 5 rings (SSSR count). The van der Waals surface area contributed by atoms with Crippen molar-refractivity contribution in [2.24, 2.45) is 4.99 Å². The summed E-state index contributed by atoms with van der Waals surface area (Å²) in [6.45, 7) is 0.902. The van der Waals surface area contributed by atoms with Crippen molar-refractivity contribution in [1.29, 1.82) is 0 Å². The molecule has 0 saturated carbocycles. The third kappa shape index (κ3) is 1.46. The number of para-hydroxylation sites is 2. The molecular weight excluding hydrogens is 258 g/mol. The zero-order chi connectivity index (χ0) is 13.8. The zero-order valence-corrected chi connectivity index (χ0v) is 11.6. The van der Waals surface area contributed by atoms with E-state index in [2.05, 4.69) is 59.2 Å². The summed E-state index contributed by atoms with van der Waals surface area (Å²) in [6, 6.07) is 17.0. The second-order valence-corrected chi connectivity index (χ2v) is 5.74. The minimum Gasteiger partial charge on any atom is -0.341 e. The minimum absolute atomic E-state index is 0.450. The van der Waals surface area contributed by atoms with Gasteiger partial charge in [0.1, 0.15) is 5.82 Å². The van der Waals surface area contributed by atoms with E-state index in [1.165, 1.54) is 22.4 Å². The van der Waals surface area contributed by atoms with E-state index in [9.17, 15) is 0 Å². The van der Waals surface area contributed by atoms with Gasteiger partial charge in [0.25, 0.3) is 0 Å². The molecule has 0 aliphatic carbocycles. The first-order valence-corrected chi connectivity index (χ1v) is 7.43. The highest BCUT2D eigenvalue weighted by Gasteiger charge is 2.36. The van der Waals surface area contributed by atoms with Crippen molar-refractivity contribution in [3.63, 3.8) is 0 Å². The molecule has 0 amide bonds. The fraction of sp³-hybridized carbons (Fsp3) is 0.167. The van der Waals surface area contributed by atoms with Crippen LogP contribution in [-0.4, -0.2) is 12.3 Å². The maximum Gasteiger partial charge on any atom is 0.114 e. The monoisotopic (exact) mass is 273 g/mol. The number of anilines is 2. The summed E-state index contributed by atoms with van der Waals surface area (Å²) in [5.74, 6) is 1.56. The summed E-state index contributed by atoms with van der Waals surface area (Å²) < 4.78 is 0. The summed E-state index contributed by atoms with van der Waals surface area (Å²) in [5, 5.41) is 7.11. The molecule has 3 heterocycles. The average Bonchev–Trinajstić information content (AvgIpc) is 2.55. The van der Waals surface area contributed by atoms with Crippen LogP contribution in [0.2, 0.25) is 0 Å². The lowest BCUT2D eigenvalue weighted by Gasteiger charge is -2.38. The Morgan fingerprint density at radius 3 is 2.62 bits per heavy atom. The van der Waals surface area contributed by atoms with Crippen LogP contribution in [0.1, 0.15) is 23.5 Å². The Hall–Kier alpha value is -2.55. The number of rotatable bonds is 0. The van der Waals surface area contributed by atoms with E-state index in [4.69, 9.17) is 4.99 Å². The van der Waals surface area contributed by atoms with Crippen molar-refractivity contribution in [2.75, 3.05) is 17.2 Å². The van der Waals surface area contributed by atoms with Gasteiger partial charge in [-0.15, -0.1) is 0 Å². The Morgan fingerprint density at radius 1 is 0.905 bits per heavy atom. The SMILES string of the molecule is c1ccc2c(c1)NC1=C3C2=NCC[C@H]3c2ccccc2N1. The number of nitrogens with one attached hydrogen (secondary N) is 2. The molecule has 102 valence electrons. The first kappa shape index (κ1) is 11.1. The van der Waals surface area contributed by atoms with Crippen LogP contribution < -0.4 is 10.6 Å². The van der Waals surface area contributed by atoms with Gasteiger partial charge in [-0.1, -0.05) is 36.4 Å². The van der Waals surface area contributed by atoms with Gasteiger partial charge >= 0.3 is 0 Å². The molecule has 21 heavy (non-hydrogen) atoms. The topological polar surface area (TPSA) is 36.4 Å². The predicted octanol–water partition coefficient (Wildman–Crippen LogP) is 3.73. The molecule has 1 atom stereocenters. The van der Waals surface area contributed by atoms with Crippen LogP contribution in [0.25, 0.3) is 0 Å². The van der Waals surface area contributed by atoms with Crippen molar-refractivity contribution in [1.82, 2.24) is 0 Å². The first-order chi connectivity index (χ1) is 10.4. The Kier molecular flexibility index (Phi) is 2.11. The van der Waals surface area contributed by atoms with E-state index < -0.39 is 0 Å². The van der Waals surface area contributed by atoms with Crippen molar-refractivity contribution in [3.8, 4) is 0 Å². The highest BCUT2D eigenvalue weighted by atomic mass is 15.1. The molecule has 2 aromatic rings. The van der Waals surface area contributed by atoms with Gasteiger partial charge in [0.05, 0.1) is 5.71 Å². The fourth-order valence-electron chi connectivity index (χ4n) is 3.68. The van der Waals surface area contributed by atoms with Crippen LogP contribution >= 0.6 is 0 Å². The maximum atomic E-state index is 4.83. The van der Waals surface area contributed by atoms with Gasteiger partial charge < -0.3 is 10.6 Å². The number of aliphatic imine (C=N–C) groups is 1. The van der Waals surface area contributed by atoms with Gasteiger partial charge in [0.15, 0.2) is 0 Å². The summed E-state index contributed by atoms with van der Waals surface area (Å²) in [4.78, 5) is 4.83. The Balaban J connectivity index is 1.75. The molecular formula is C18H15N3. The molecule has 0 saturated heterocycles. The minimum atomic E-state index is 0.450. The maximum absolute atomic E-state index is 4.83. The van der Waals surface area contributed by atoms with Crippen LogP contribution in [0.3, 0.4) is 0 Å². The molecule has 0 fully saturated rings. The smallest absolute Gasteiger partial charge is 0.114 e. The van der Waals surface area contributed by atoms with E-state index in [-0.39, 0.29) is 0 Å². The number of benzene rings is 2. The van der Waals surface area contributed by atoms with Gasteiger partial charge in [-0.25, -0.2) is 0 Å². The third-order valence-electron chi connectivity index (χ3n) is 4.60. The lowest BCUT2D eigenvalue weighted by atomic mass is 9.77. The van der Waals surface area contributed by atoms with Gasteiger partial charge in [0.2, 0.25) is 0 Å². The summed E-state index contributed by atoms with van der Waals surface area (Å²) in [6.07, 6.45) is 1.09. The molecule has 3 aliphatic rings. The summed E-state index contributed by atoms with van der Waals surface area (Å²) in [7, 11) is 0. The quantitative estimate of drug-likeness (QED) is 0.767. The second kappa shape index (κ2) is 3.98. The van der Waals surface area contributed by atoms with Crippen LogP contribution in [0, 0.1) is 0 Å². The van der Waals surface area contributed by atoms with Crippen molar-refractivity contribution in [3.05, 3.63) is 71.1 Å². The predicted molar refractivity (Wildman–Crippen MR) is 85.9 cm³/mol. The molecule has 0 aromatic heterocycles. The van der Waals surface area contributed by atoms with Crippen molar-refractivity contribution < 1.29 is 0 Å². The van der Waals surface area contributed by atoms with E-state index in [1.54, 1.807) is 0 Å². The molecule has 2 N–H and O–H groups in total. The third-order valence-corrected chi connectivity index (χ3v) is 4.60. The lowest BCUT2D eigenvalue weighted by Crippen LogP contribution is -2.33. The number of nitrogens with zero attached hydrogens (tertiary/aromatic N) is 1.